The zero-order chi connectivity index (χ0) is 13.1. The molecule has 2 rings (SSSR count). The summed E-state index contributed by atoms with van der Waals surface area (Å²) in [6.07, 6.45) is 2.01. The summed E-state index contributed by atoms with van der Waals surface area (Å²) < 4.78 is 8.76. The Hall–Kier alpha value is 0.840. The minimum Gasteiger partial charge on any atom is -0.458 e. The van der Waals surface area contributed by atoms with Crippen LogP contribution in [0.5, 0.6) is 0 Å². The van der Waals surface area contributed by atoms with Crippen LogP contribution >= 0.6 is 67.8 Å². The van der Waals surface area contributed by atoms with Crippen LogP contribution in [0.1, 0.15) is 23.2 Å². The molecule has 2 N–H and O–H groups in total. The number of carbonyl (C=O) groups is 1. The SMILES string of the molecule is O=C(OC1CC[NH2+]CC1)c1cc(I)cc(I)c1I. The van der Waals surface area contributed by atoms with Crippen LogP contribution in [0.3, 0.4) is 0 Å². The number of hydrogen-bond acceptors (Lipinski definition) is 2. The van der Waals surface area contributed by atoms with Crippen molar-refractivity contribution in [2.75, 3.05) is 13.1 Å². The molecule has 0 amide bonds. The summed E-state index contributed by atoms with van der Waals surface area (Å²) in [5.41, 5.74) is 0.696. The van der Waals surface area contributed by atoms with Gasteiger partial charge in [-0.2, -0.15) is 0 Å². The molecule has 6 heteroatoms. The molecular formula is C12H13I3NO2+. The van der Waals surface area contributed by atoms with Crippen LogP contribution in [0.15, 0.2) is 12.1 Å². The van der Waals surface area contributed by atoms with Crippen molar-refractivity contribution in [1.82, 2.24) is 0 Å². The van der Waals surface area contributed by atoms with Gasteiger partial charge in [-0.15, -0.1) is 0 Å². The van der Waals surface area contributed by atoms with Gasteiger partial charge in [0.2, 0.25) is 0 Å². The van der Waals surface area contributed by atoms with Crippen molar-refractivity contribution < 1.29 is 14.8 Å². The van der Waals surface area contributed by atoms with Gasteiger partial charge >= 0.3 is 5.97 Å². The van der Waals surface area contributed by atoms with E-state index in [1.165, 1.54) is 0 Å². The molecule has 3 nitrogen and oxygen atoms in total. The number of carbonyl (C=O) groups excluding carboxylic acids is 1. The van der Waals surface area contributed by atoms with E-state index in [0.717, 1.165) is 36.6 Å². The van der Waals surface area contributed by atoms with E-state index < -0.39 is 0 Å². The largest absolute Gasteiger partial charge is 0.458 e. The molecule has 98 valence electrons. The summed E-state index contributed by atoms with van der Waals surface area (Å²) in [4.78, 5) is 12.2. The molecule has 1 aromatic carbocycles. The average molecular weight is 584 g/mol. The first-order chi connectivity index (χ1) is 8.58. The molecule has 0 unspecified atom stereocenters. The molecule has 1 heterocycles. The fourth-order valence-electron chi connectivity index (χ4n) is 1.93. The van der Waals surface area contributed by atoms with Gasteiger partial charge in [-0.25, -0.2) is 4.79 Å². The number of hydrogen-bond donors (Lipinski definition) is 1. The monoisotopic (exact) mass is 584 g/mol. The van der Waals surface area contributed by atoms with Crippen molar-refractivity contribution in [3.05, 3.63) is 28.4 Å². The highest BCUT2D eigenvalue weighted by Gasteiger charge is 2.22. The zero-order valence-electron chi connectivity index (χ0n) is 9.59. The summed E-state index contributed by atoms with van der Waals surface area (Å²) in [6.45, 7) is 2.11. The second-order valence-electron chi connectivity index (χ2n) is 4.22. The predicted octanol–water partition coefficient (Wildman–Crippen LogP) is 2.38. The number of nitrogens with two attached hydrogens (primary N) is 1. The van der Waals surface area contributed by atoms with Crippen LogP contribution < -0.4 is 5.32 Å². The maximum Gasteiger partial charge on any atom is 0.339 e. The van der Waals surface area contributed by atoms with E-state index in [1.54, 1.807) is 0 Å². The standard InChI is InChI=1S/C12H12I3NO2/c13-7-5-9(11(15)10(14)6-7)12(17)18-8-1-3-16-4-2-8/h5-6,8,16H,1-4H2/p+1. The van der Waals surface area contributed by atoms with Crippen molar-refractivity contribution >= 4 is 73.7 Å². The molecule has 1 aliphatic heterocycles. The molecule has 0 atom stereocenters. The Morgan fingerprint density at radius 3 is 2.56 bits per heavy atom. The summed E-state index contributed by atoms with van der Waals surface area (Å²) in [6, 6.07) is 3.97. The first-order valence-electron chi connectivity index (χ1n) is 5.75. The van der Waals surface area contributed by atoms with Crippen LogP contribution in [0.25, 0.3) is 0 Å². The quantitative estimate of drug-likeness (QED) is 0.330. The Labute approximate surface area is 147 Å². The van der Waals surface area contributed by atoms with Gasteiger partial charge in [-0.05, 0) is 79.9 Å². The molecule has 0 aliphatic carbocycles. The van der Waals surface area contributed by atoms with Gasteiger partial charge in [-0.1, -0.05) is 0 Å². The van der Waals surface area contributed by atoms with E-state index in [4.69, 9.17) is 4.74 Å². The van der Waals surface area contributed by atoms with Gasteiger partial charge in [0.15, 0.2) is 0 Å². The van der Waals surface area contributed by atoms with E-state index in [2.05, 4.69) is 79.2 Å². The van der Waals surface area contributed by atoms with Crippen LogP contribution in [0.2, 0.25) is 0 Å². The first kappa shape index (κ1) is 15.2. The van der Waals surface area contributed by atoms with Crippen LogP contribution in [-0.4, -0.2) is 25.2 Å². The molecule has 1 fully saturated rings. The molecule has 0 radical (unpaired) electrons. The molecular weight excluding hydrogens is 571 g/mol. The Bertz CT molecular complexity index is 459. The number of ether oxygens (including phenoxy) is 1. The summed E-state index contributed by atoms with van der Waals surface area (Å²) in [5.74, 6) is -0.178. The maximum absolute atomic E-state index is 12.2. The molecule has 18 heavy (non-hydrogen) atoms. The second kappa shape index (κ2) is 7.02. The molecule has 0 aromatic heterocycles. The van der Waals surface area contributed by atoms with E-state index >= 15 is 0 Å². The van der Waals surface area contributed by atoms with Crippen molar-refractivity contribution in [3.63, 3.8) is 0 Å². The smallest absolute Gasteiger partial charge is 0.339 e. The third-order valence-electron chi connectivity index (χ3n) is 2.87. The van der Waals surface area contributed by atoms with Crippen molar-refractivity contribution in [3.8, 4) is 0 Å². The predicted molar refractivity (Wildman–Crippen MR) is 94.7 cm³/mol. The molecule has 1 aliphatic rings. The van der Waals surface area contributed by atoms with E-state index in [-0.39, 0.29) is 12.1 Å². The Balaban J connectivity index is 2.13. The Kier molecular flexibility index (Phi) is 5.94. The summed E-state index contributed by atoms with van der Waals surface area (Å²) in [5, 5.41) is 2.27. The topological polar surface area (TPSA) is 42.9 Å². The summed E-state index contributed by atoms with van der Waals surface area (Å²) in [7, 11) is 0. The lowest BCUT2D eigenvalue weighted by molar-refractivity contribution is -0.664. The highest BCUT2D eigenvalue weighted by Crippen LogP contribution is 2.24. The van der Waals surface area contributed by atoms with E-state index in [9.17, 15) is 4.79 Å². The van der Waals surface area contributed by atoms with Gasteiger partial charge in [0.25, 0.3) is 0 Å². The number of piperidine rings is 1. The number of halogens is 3. The average Bonchev–Trinajstić information content (AvgIpc) is 2.35. The zero-order valence-corrected chi connectivity index (χ0v) is 16.1. The highest BCUT2D eigenvalue weighted by molar-refractivity contribution is 14.1. The van der Waals surface area contributed by atoms with E-state index in [0.29, 0.717) is 5.56 Å². The van der Waals surface area contributed by atoms with Crippen LogP contribution in [0.4, 0.5) is 0 Å². The van der Waals surface area contributed by atoms with Crippen molar-refractivity contribution in [2.45, 2.75) is 18.9 Å². The maximum atomic E-state index is 12.2. The molecule has 0 saturated carbocycles. The van der Waals surface area contributed by atoms with Gasteiger partial charge in [0.05, 0.1) is 18.7 Å². The second-order valence-corrected chi connectivity index (χ2v) is 7.71. The molecule has 0 bridgehead atoms. The number of quaternary nitrogens is 1. The summed E-state index contributed by atoms with van der Waals surface area (Å²) >= 11 is 6.70. The molecule has 1 aromatic rings. The lowest BCUT2D eigenvalue weighted by Crippen LogP contribution is -2.86. The van der Waals surface area contributed by atoms with Crippen LogP contribution in [-0.2, 0) is 4.74 Å². The fraction of sp³-hybridized carbons (Fsp3) is 0.417. The lowest BCUT2D eigenvalue weighted by atomic mass is 10.1. The lowest BCUT2D eigenvalue weighted by Gasteiger charge is -2.21. The number of benzene rings is 1. The third-order valence-corrected chi connectivity index (χ3v) is 6.54. The number of esters is 1. The van der Waals surface area contributed by atoms with Gasteiger partial charge in [-0.3, -0.25) is 0 Å². The minimum atomic E-state index is -0.178. The van der Waals surface area contributed by atoms with Crippen molar-refractivity contribution in [2.24, 2.45) is 0 Å². The third kappa shape index (κ3) is 3.92. The molecule has 0 spiro atoms. The first-order valence-corrected chi connectivity index (χ1v) is 8.98. The normalized spacial score (nSPS) is 16.6. The Morgan fingerprint density at radius 2 is 1.89 bits per heavy atom. The number of rotatable bonds is 2. The van der Waals surface area contributed by atoms with Gasteiger partial charge < -0.3 is 10.1 Å². The highest BCUT2D eigenvalue weighted by atomic mass is 127. The Morgan fingerprint density at radius 1 is 1.22 bits per heavy atom. The van der Waals surface area contributed by atoms with E-state index in [1.807, 2.05) is 6.07 Å². The molecule has 1 saturated heterocycles. The van der Waals surface area contributed by atoms with Crippen LogP contribution in [0, 0.1) is 10.7 Å². The van der Waals surface area contributed by atoms with Gasteiger partial charge in [0, 0.05) is 23.6 Å². The minimum absolute atomic E-state index is 0.0915. The fourth-order valence-corrected chi connectivity index (χ4v) is 4.31. The van der Waals surface area contributed by atoms with Crippen molar-refractivity contribution in [1.29, 1.82) is 0 Å². The van der Waals surface area contributed by atoms with Gasteiger partial charge in [0.1, 0.15) is 6.10 Å².